The monoisotopic (exact) mass is 420 g/mol. The van der Waals surface area contributed by atoms with Gasteiger partial charge in [-0.15, -0.1) is 0 Å². The second kappa shape index (κ2) is 8.19. The van der Waals surface area contributed by atoms with Crippen molar-refractivity contribution in [2.75, 3.05) is 13.1 Å². The zero-order valence-corrected chi connectivity index (χ0v) is 18.1. The number of carboxylic acid groups (broad SMARTS) is 1. The summed E-state index contributed by atoms with van der Waals surface area (Å²) in [6, 6.07) is 6.43. The zero-order chi connectivity index (χ0) is 22.3. The van der Waals surface area contributed by atoms with Crippen molar-refractivity contribution in [1.29, 1.82) is 0 Å². The zero-order valence-electron chi connectivity index (χ0n) is 18.1. The fourth-order valence-corrected chi connectivity index (χ4v) is 3.78. The minimum absolute atomic E-state index is 0.00419. The molecular formula is C21H30BFN2O5. The second-order valence-electron chi connectivity index (χ2n) is 9.14. The van der Waals surface area contributed by atoms with Gasteiger partial charge < -0.3 is 24.6 Å². The Bertz CT molecular complexity index is 785. The molecule has 2 aliphatic heterocycles. The van der Waals surface area contributed by atoms with E-state index in [4.69, 9.17) is 9.31 Å². The lowest BCUT2D eigenvalue weighted by Gasteiger charge is -2.32. The average Bonchev–Trinajstić information content (AvgIpc) is 3.19. The highest BCUT2D eigenvalue weighted by Crippen LogP contribution is 2.36. The van der Waals surface area contributed by atoms with Gasteiger partial charge in [-0.05, 0) is 45.1 Å². The summed E-state index contributed by atoms with van der Waals surface area (Å²) >= 11 is 0. The van der Waals surface area contributed by atoms with Crippen LogP contribution in [0, 0.1) is 0 Å². The molecule has 0 unspecified atom stereocenters. The third-order valence-electron chi connectivity index (χ3n) is 6.48. The number of halogens is 1. The average molecular weight is 420 g/mol. The molecule has 3 rings (SSSR count). The van der Waals surface area contributed by atoms with E-state index in [1.54, 1.807) is 6.92 Å². The van der Waals surface area contributed by atoms with Crippen molar-refractivity contribution in [3.63, 3.8) is 0 Å². The van der Waals surface area contributed by atoms with E-state index >= 15 is 0 Å². The molecule has 30 heavy (non-hydrogen) atoms. The van der Waals surface area contributed by atoms with Gasteiger partial charge in [-0.1, -0.05) is 31.2 Å². The van der Waals surface area contributed by atoms with E-state index in [2.05, 4.69) is 5.32 Å². The van der Waals surface area contributed by atoms with E-state index < -0.39 is 48.5 Å². The number of nitrogens with one attached hydrogen (secondary N) is 1. The topological polar surface area (TPSA) is 88.1 Å². The number of carbonyl (C=O) groups excluding carboxylic acids is 1. The van der Waals surface area contributed by atoms with E-state index in [9.17, 15) is 19.1 Å². The quantitative estimate of drug-likeness (QED) is 0.714. The van der Waals surface area contributed by atoms with Crippen LogP contribution < -0.4 is 10.8 Å². The first-order valence-corrected chi connectivity index (χ1v) is 10.3. The molecule has 0 radical (unpaired) electrons. The normalized spacial score (nSPS) is 24.5. The van der Waals surface area contributed by atoms with Crippen molar-refractivity contribution in [2.45, 2.75) is 70.4 Å². The van der Waals surface area contributed by atoms with Crippen molar-refractivity contribution >= 4 is 24.6 Å². The summed E-state index contributed by atoms with van der Waals surface area (Å²) in [4.78, 5) is 25.5. The molecule has 2 N–H and O–H groups in total. The molecule has 2 heterocycles. The van der Waals surface area contributed by atoms with Crippen LogP contribution in [-0.4, -0.2) is 65.6 Å². The Hall–Kier alpha value is -2.13. The van der Waals surface area contributed by atoms with Gasteiger partial charge in [0.05, 0.1) is 17.7 Å². The highest BCUT2D eigenvalue weighted by atomic mass is 19.1. The lowest BCUT2D eigenvalue weighted by molar-refractivity contribution is -0.133. The van der Waals surface area contributed by atoms with Crippen LogP contribution in [0.25, 0.3) is 0 Å². The van der Waals surface area contributed by atoms with Crippen LogP contribution in [0.15, 0.2) is 24.3 Å². The number of benzene rings is 1. The third kappa shape index (κ3) is 4.47. The smallest absolute Gasteiger partial charge is 0.465 e. The first kappa shape index (κ1) is 22.6. The molecule has 0 aromatic heterocycles. The number of hydrogen-bond acceptors (Lipinski definition) is 4. The van der Waals surface area contributed by atoms with Crippen LogP contribution in [-0.2, 0) is 14.1 Å². The maximum atomic E-state index is 13.5. The number of amides is 2. The lowest BCUT2D eigenvalue weighted by atomic mass is 9.78. The van der Waals surface area contributed by atoms with Crippen molar-refractivity contribution in [3.05, 3.63) is 29.8 Å². The SMILES string of the molecule is C[C@H](c1ccc(B2OC(C)(C)C(C)(C)O2)cc1)[C@H](NC(=O)O)C(=O)N1CC[C@H](F)C1. The Kier molecular flexibility index (Phi) is 6.16. The first-order valence-electron chi connectivity index (χ1n) is 10.3. The van der Waals surface area contributed by atoms with Gasteiger partial charge in [0.15, 0.2) is 0 Å². The summed E-state index contributed by atoms with van der Waals surface area (Å²) in [6.07, 6.45) is -2.07. The number of hydrogen-bond donors (Lipinski definition) is 2. The molecule has 1 aromatic carbocycles. The van der Waals surface area contributed by atoms with E-state index in [1.165, 1.54) is 4.90 Å². The van der Waals surface area contributed by atoms with Crippen LogP contribution in [0.4, 0.5) is 9.18 Å². The number of nitrogens with zero attached hydrogens (tertiary/aromatic N) is 1. The second-order valence-corrected chi connectivity index (χ2v) is 9.14. The molecule has 2 fully saturated rings. The highest BCUT2D eigenvalue weighted by molar-refractivity contribution is 6.62. The van der Waals surface area contributed by atoms with Gasteiger partial charge in [0.1, 0.15) is 12.2 Å². The fourth-order valence-electron chi connectivity index (χ4n) is 3.78. The van der Waals surface area contributed by atoms with Gasteiger partial charge in [-0.2, -0.15) is 0 Å². The van der Waals surface area contributed by atoms with E-state index in [0.717, 1.165) is 11.0 Å². The molecule has 0 saturated carbocycles. The van der Waals surface area contributed by atoms with Crippen molar-refractivity contribution in [3.8, 4) is 0 Å². The van der Waals surface area contributed by atoms with Crippen LogP contribution in [0.1, 0.15) is 52.5 Å². The molecule has 2 amide bonds. The summed E-state index contributed by atoms with van der Waals surface area (Å²) in [5.41, 5.74) is 0.740. The summed E-state index contributed by atoms with van der Waals surface area (Å²) in [5.74, 6) is -0.834. The van der Waals surface area contributed by atoms with Crippen LogP contribution in [0.5, 0.6) is 0 Å². The molecule has 3 atom stereocenters. The summed E-state index contributed by atoms with van der Waals surface area (Å²) in [6.45, 7) is 10.0. The van der Waals surface area contributed by atoms with Crippen molar-refractivity contribution in [1.82, 2.24) is 10.2 Å². The van der Waals surface area contributed by atoms with Gasteiger partial charge in [-0.25, -0.2) is 9.18 Å². The van der Waals surface area contributed by atoms with E-state index in [0.29, 0.717) is 6.54 Å². The number of likely N-dealkylation sites (tertiary alicyclic amines) is 1. The van der Waals surface area contributed by atoms with Crippen LogP contribution in [0.3, 0.4) is 0 Å². The molecular weight excluding hydrogens is 390 g/mol. The van der Waals surface area contributed by atoms with Gasteiger partial charge in [0.2, 0.25) is 5.91 Å². The lowest BCUT2D eigenvalue weighted by Crippen LogP contribution is -2.50. The molecule has 2 saturated heterocycles. The number of alkyl halides is 1. The summed E-state index contributed by atoms with van der Waals surface area (Å²) < 4.78 is 25.6. The Balaban J connectivity index is 1.76. The number of rotatable bonds is 5. The van der Waals surface area contributed by atoms with Crippen LogP contribution >= 0.6 is 0 Å². The van der Waals surface area contributed by atoms with Gasteiger partial charge >= 0.3 is 13.2 Å². The fraction of sp³-hybridized carbons (Fsp3) is 0.619. The summed E-state index contributed by atoms with van der Waals surface area (Å²) in [7, 11) is -0.500. The predicted octanol–water partition coefficient (Wildman–Crippen LogP) is 2.30. The van der Waals surface area contributed by atoms with E-state index in [-0.39, 0.29) is 13.0 Å². The van der Waals surface area contributed by atoms with Gasteiger partial charge in [0, 0.05) is 12.5 Å². The molecule has 7 nitrogen and oxygen atoms in total. The van der Waals surface area contributed by atoms with Gasteiger partial charge in [-0.3, -0.25) is 4.79 Å². The minimum Gasteiger partial charge on any atom is -0.465 e. The summed E-state index contributed by atoms with van der Waals surface area (Å²) in [5, 5.41) is 11.5. The largest absolute Gasteiger partial charge is 0.494 e. The third-order valence-corrected chi connectivity index (χ3v) is 6.48. The Morgan fingerprint density at radius 3 is 2.23 bits per heavy atom. The first-order chi connectivity index (χ1) is 13.9. The Morgan fingerprint density at radius 2 is 1.77 bits per heavy atom. The molecule has 1 aromatic rings. The molecule has 0 aliphatic carbocycles. The highest BCUT2D eigenvalue weighted by Gasteiger charge is 2.51. The van der Waals surface area contributed by atoms with Crippen LogP contribution in [0.2, 0.25) is 0 Å². The van der Waals surface area contributed by atoms with E-state index in [1.807, 2.05) is 52.0 Å². The molecule has 9 heteroatoms. The Morgan fingerprint density at radius 1 is 1.20 bits per heavy atom. The molecule has 2 aliphatic rings. The maximum Gasteiger partial charge on any atom is 0.494 e. The molecule has 164 valence electrons. The Labute approximate surface area is 177 Å². The maximum absolute atomic E-state index is 13.5. The molecule has 0 spiro atoms. The van der Waals surface area contributed by atoms with Crippen molar-refractivity contribution in [2.24, 2.45) is 0 Å². The predicted molar refractivity (Wildman–Crippen MR) is 112 cm³/mol. The minimum atomic E-state index is -1.29. The van der Waals surface area contributed by atoms with Crippen molar-refractivity contribution < 1.29 is 28.4 Å². The standard InChI is InChI=1S/C21H30BFN2O5/c1-13(17(24-19(27)28)18(26)25-11-10-16(23)12-25)14-6-8-15(9-7-14)22-29-20(2,3)21(4,5)30-22/h6-9,13,16-17,24H,10-12H2,1-5H3,(H,27,28)/t13-,16+,17+/m1/s1. The molecule has 0 bridgehead atoms. The van der Waals surface area contributed by atoms with Gasteiger partial charge in [0.25, 0.3) is 0 Å². The number of carbonyl (C=O) groups is 2.